The van der Waals surface area contributed by atoms with Crippen molar-refractivity contribution in [3.63, 3.8) is 0 Å². The average molecular weight is 425 g/mol. The molecule has 4 rings (SSSR count). The summed E-state index contributed by atoms with van der Waals surface area (Å²) in [6.07, 6.45) is 1.34. The molecule has 0 aliphatic carbocycles. The second-order valence-electron chi connectivity index (χ2n) is 6.81. The van der Waals surface area contributed by atoms with E-state index >= 15 is 0 Å². The summed E-state index contributed by atoms with van der Waals surface area (Å²) >= 11 is 3.41. The number of benzene rings is 2. The molecular formula is C21H21BrN4O. The number of amides is 1. The second-order valence-corrected chi connectivity index (χ2v) is 7.72. The minimum absolute atomic E-state index is 0.0659. The molecule has 1 aliphatic rings. The molecule has 2 heterocycles. The molecule has 1 unspecified atom stereocenters. The number of H-pyrrole nitrogens is 1. The van der Waals surface area contributed by atoms with Gasteiger partial charge in [0.15, 0.2) is 5.82 Å². The second kappa shape index (κ2) is 7.96. The van der Waals surface area contributed by atoms with Crippen LogP contribution in [-0.2, 0) is 11.2 Å². The van der Waals surface area contributed by atoms with Crippen LogP contribution in [0.15, 0.2) is 65.1 Å². The molecule has 1 fully saturated rings. The molecule has 5 nitrogen and oxygen atoms in total. The lowest BCUT2D eigenvalue weighted by Crippen LogP contribution is -2.38. The highest BCUT2D eigenvalue weighted by Gasteiger charge is 2.25. The van der Waals surface area contributed by atoms with E-state index in [2.05, 4.69) is 54.5 Å². The van der Waals surface area contributed by atoms with Gasteiger partial charge in [-0.1, -0.05) is 58.4 Å². The van der Waals surface area contributed by atoms with Gasteiger partial charge in [-0.2, -0.15) is 5.10 Å². The molecule has 1 saturated heterocycles. The van der Waals surface area contributed by atoms with Crippen molar-refractivity contribution in [2.75, 3.05) is 18.0 Å². The summed E-state index contributed by atoms with van der Waals surface area (Å²) in [5, 5.41) is 10.7. The first kappa shape index (κ1) is 17.8. The van der Waals surface area contributed by atoms with E-state index in [0.717, 1.165) is 46.6 Å². The molecule has 1 atom stereocenters. The van der Waals surface area contributed by atoms with Crippen LogP contribution in [0.1, 0.15) is 12.0 Å². The number of carbonyl (C=O) groups excluding carboxylic acids is 1. The minimum Gasteiger partial charge on any atom is -0.353 e. The fourth-order valence-corrected chi connectivity index (χ4v) is 3.66. The van der Waals surface area contributed by atoms with Gasteiger partial charge in [-0.3, -0.25) is 9.89 Å². The molecule has 6 heteroatoms. The lowest BCUT2D eigenvalue weighted by Gasteiger charge is -2.16. The monoisotopic (exact) mass is 424 g/mol. The van der Waals surface area contributed by atoms with E-state index in [1.54, 1.807) is 0 Å². The van der Waals surface area contributed by atoms with Crippen LogP contribution in [0.5, 0.6) is 0 Å². The fraction of sp³-hybridized carbons (Fsp3) is 0.238. The van der Waals surface area contributed by atoms with Crippen molar-refractivity contribution in [1.29, 1.82) is 0 Å². The van der Waals surface area contributed by atoms with E-state index in [0.29, 0.717) is 6.42 Å². The predicted molar refractivity (Wildman–Crippen MR) is 111 cm³/mol. The van der Waals surface area contributed by atoms with Gasteiger partial charge in [0.05, 0.1) is 12.1 Å². The number of anilines is 1. The van der Waals surface area contributed by atoms with E-state index < -0.39 is 0 Å². The van der Waals surface area contributed by atoms with Gasteiger partial charge >= 0.3 is 0 Å². The highest BCUT2D eigenvalue weighted by molar-refractivity contribution is 9.10. The topological polar surface area (TPSA) is 61.0 Å². The molecule has 3 aromatic rings. The molecule has 0 saturated carbocycles. The molecule has 1 aromatic heterocycles. The van der Waals surface area contributed by atoms with E-state index in [1.807, 2.05) is 42.5 Å². The standard InChI is InChI=1S/C21H21BrN4O/c22-17-8-6-15(7-9-17)12-21(27)23-18-10-11-26(14-18)20-13-19(24-25-20)16-4-2-1-3-5-16/h1-9,13,18H,10-12,14H2,(H,23,27)(H,24,25). The zero-order valence-electron chi connectivity index (χ0n) is 14.9. The summed E-state index contributed by atoms with van der Waals surface area (Å²) in [7, 11) is 0. The van der Waals surface area contributed by atoms with Crippen LogP contribution in [0.3, 0.4) is 0 Å². The molecule has 2 aromatic carbocycles. The van der Waals surface area contributed by atoms with Crippen LogP contribution in [0.4, 0.5) is 5.82 Å². The Morgan fingerprint density at radius 3 is 2.74 bits per heavy atom. The Balaban J connectivity index is 1.33. The Morgan fingerprint density at radius 1 is 1.19 bits per heavy atom. The number of aromatic nitrogens is 2. The Bertz CT molecular complexity index is 907. The summed E-state index contributed by atoms with van der Waals surface area (Å²) in [6.45, 7) is 1.67. The van der Waals surface area contributed by atoms with Crippen molar-refractivity contribution < 1.29 is 4.79 Å². The van der Waals surface area contributed by atoms with Gasteiger partial charge in [0.2, 0.25) is 5.91 Å². The maximum atomic E-state index is 12.3. The number of halogens is 1. The first-order chi connectivity index (χ1) is 13.2. The van der Waals surface area contributed by atoms with Crippen LogP contribution in [0.2, 0.25) is 0 Å². The third-order valence-corrected chi connectivity index (χ3v) is 5.33. The molecule has 0 bridgehead atoms. The summed E-state index contributed by atoms with van der Waals surface area (Å²) in [6, 6.07) is 20.3. The summed E-state index contributed by atoms with van der Waals surface area (Å²) in [5.41, 5.74) is 3.15. The summed E-state index contributed by atoms with van der Waals surface area (Å²) in [5.74, 6) is 0.995. The van der Waals surface area contributed by atoms with E-state index in [4.69, 9.17) is 0 Å². The van der Waals surface area contributed by atoms with Crippen LogP contribution in [0.25, 0.3) is 11.3 Å². The molecule has 0 radical (unpaired) electrons. The van der Waals surface area contributed by atoms with Gasteiger partial charge < -0.3 is 10.2 Å². The number of hydrogen-bond acceptors (Lipinski definition) is 3. The molecule has 27 heavy (non-hydrogen) atoms. The molecule has 1 aliphatic heterocycles. The zero-order valence-corrected chi connectivity index (χ0v) is 16.4. The van der Waals surface area contributed by atoms with Crippen molar-refractivity contribution in [2.24, 2.45) is 0 Å². The van der Waals surface area contributed by atoms with Crippen molar-refractivity contribution in [1.82, 2.24) is 15.5 Å². The van der Waals surface area contributed by atoms with E-state index in [1.165, 1.54) is 0 Å². The number of nitrogens with zero attached hydrogens (tertiary/aromatic N) is 2. The van der Waals surface area contributed by atoms with Crippen molar-refractivity contribution >= 4 is 27.7 Å². The Labute approximate surface area is 166 Å². The average Bonchev–Trinajstić information content (AvgIpc) is 3.34. The quantitative estimate of drug-likeness (QED) is 0.654. The maximum absolute atomic E-state index is 12.3. The first-order valence-corrected chi connectivity index (χ1v) is 9.86. The largest absolute Gasteiger partial charge is 0.353 e. The third-order valence-electron chi connectivity index (χ3n) is 4.80. The third kappa shape index (κ3) is 4.39. The number of aromatic amines is 1. The SMILES string of the molecule is O=C(Cc1ccc(Br)cc1)NC1CCN(c2cc(-c3ccccc3)[nH]n2)C1. The molecular weight excluding hydrogens is 404 g/mol. The van der Waals surface area contributed by atoms with E-state index in [-0.39, 0.29) is 11.9 Å². The van der Waals surface area contributed by atoms with Gasteiger partial charge in [-0.15, -0.1) is 0 Å². The Morgan fingerprint density at radius 2 is 1.96 bits per heavy atom. The van der Waals surface area contributed by atoms with Gasteiger partial charge in [0.25, 0.3) is 0 Å². The van der Waals surface area contributed by atoms with Gasteiger partial charge in [0, 0.05) is 29.7 Å². The molecule has 138 valence electrons. The minimum atomic E-state index is 0.0659. The van der Waals surface area contributed by atoms with Crippen LogP contribution >= 0.6 is 15.9 Å². The van der Waals surface area contributed by atoms with Crippen molar-refractivity contribution in [2.45, 2.75) is 18.9 Å². The highest BCUT2D eigenvalue weighted by atomic mass is 79.9. The number of hydrogen-bond donors (Lipinski definition) is 2. The summed E-state index contributed by atoms with van der Waals surface area (Å²) in [4.78, 5) is 14.5. The zero-order chi connectivity index (χ0) is 18.6. The van der Waals surface area contributed by atoms with Crippen molar-refractivity contribution in [3.05, 3.63) is 70.7 Å². The predicted octanol–water partition coefficient (Wildman–Crippen LogP) is 3.78. The van der Waals surface area contributed by atoms with Gasteiger partial charge in [-0.05, 0) is 29.7 Å². The maximum Gasteiger partial charge on any atom is 0.224 e. The van der Waals surface area contributed by atoms with Gasteiger partial charge in [0.1, 0.15) is 0 Å². The highest BCUT2D eigenvalue weighted by Crippen LogP contribution is 2.24. The van der Waals surface area contributed by atoms with Crippen LogP contribution in [0, 0.1) is 0 Å². The molecule has 1 amide bonds. The molecule has 2 N–H and O–H groups in total. The Hall–Kier alpha value is -2.60. The fourth-order valence-electron chi connectivity index (χ4n) is 3.39. The molecule has 0 spiro atoms. The van der Waals surface area contributed by atoms with Crippen LogP contribution < -0.4 is 10.2 Å². The summed E-state index contributed by atoms with van der Waals surface area (Å²) < 4.78 is 1.02. The first-order valence-electron chi connectivity index (χ1n) is 9.07. The lowest BCUT2D eigenvalue weighted by atomic mass is 10.1. The Kier molecular flexibility index (Phi) is 5.25. The van der Waals surface area contributed by atoms with Gasteiger partial charge in [-0.25, -0.2) is 0 Å². The number of carbonyl (C=O) groups is 1. The number of rotatable bonds is 5. The van der Waals surface area contributed by atoms with Crippen molar-refractivity contribution in [3.8, 4) is 11.3 Å². The normalized spacial score (nSPS) is 16.5. The smallest absolute Gasteiger partial charge is 0.224 e. The van der Waals surface area contributed by atoms with Crippen LogP contribution in [-0.4, -0.2) is 35.2 Å². The lowest BCUT2D eigenvalue weighted by molar-refractivity contribution is -0.121. The van der Waals surface area contributed by atoms with E-state index in [9.17, 15) is 4.79 Å². The number of nitrogens with one attached hydrogen (secondary N) is 2.